The molecule has 142 valence electrons. The summed E-state index contributed by atoms with van der Waals surface area (Å²) in [5.41, 5.74) is 2.11. The maximum absolute atomic E-state index is 12.7. The van der Waals surface area contributed by atoms with Crippen LogP contribution in [0.4, 0.5) is 0 Å². The van der Waals surface area contributed by atoms with E-state index in [4.69, 9.17) is 20.5 Å². The van der Waals surface area contributed by atoms with Gasteiger partial charge in [0.1, 0.15) is 28.5 Å². The number of carbonyl (C=O) groups excluding carboxylic acids is 1. The van der Waals surface area contributed by atoms with Gasteiger partial charge in [0, 0.05) is 17.7 Å². The van der Waals surface area contributed by atoms with Gasteiger partial charge < -0.3 is 19.4 Å². The monoisotopic (exact) mass is 388 g/mol. The molecule has 1 amide bonds. The molecule has 0 aliphatic heterocycles. The van der Waals surface area contributed by atoms with Crippen molar-refractivity contribution in [2.24, 2.45) is 0 Å². The minimum absolute atomic E-state index is 0.288. The lowest BCUT2D eigenvalue weighted by Gasteiger charge is -2.11. The van der Waals surface area contributed by atoms with Crippen LogP contribution in [-0.2, 0) is 0 Å². The van der Waals surface area contributed by atoms with E-state index in [1.54, 1.807) is 32.0 Å². The van der Waals surface area contributed by atoms with Gasteiger partial charge in [-0.2, -0.15) is 0 Å². The number of rotatable bonds is 6. The predicted octanol–water partition coefficient (Wildman–Crippen LogP) is 4.37. The maximum Gasteiger partial charge on any atom is 0.257 e. The fraction of sp³-hybridized carbons (Fsp3) is 0.300. The summed E-state index contributed by atoms with van der Waals surface area (Å²) in [5, 5.41) is 17.6. The third kappa shape index (κ3) is 4.07. The van der Waals surface area contributed by atoms with Crippen LogP contribution in [0.5, 0.6) is 0 Å². The fourth-order valence-corrected chi connectivity index (χ4v) is 3.25. The molecule has 0 saturated carbocycles. The second kappa shape index (κ2) is 7.98. The van der Waals surface area contributed by atoms with E-state index < -0.39 is 6.10 Å². The summed E-state index contributed by atoms with van der Waals surface area (Å²) in [6.45, 7) is 5.60. The van der Waals surface area contributed by atoms with Crippen molar-refractivity contribution in [3.05, 3.63) is 63.8 Å². The second-order valence-corrected chi connectivity index (χ2v) is 6.78. The molecule has 0 aliphatic carbocycles. The van der Waals surface area contributed by atoms with Crippen LogP contribution in [0.3, 0.4) is 0 Å². The molecular formula is C20H21ClN2O4. The molecule has 27 heavy (non-hydrogen) atoms. The fourth-order valence-electron chi connectivity index (χ4n) is 3.02. The number of hydrogen-bond acceptors (Lipinski definition) is 5. The van der Waals surface area contributed by atoms with Gasteiger partial charge in [0.25, 0.3) is 5.91 Å². The highest BCUT2D eigenvalue weighted by Crippen LogP contribution is 2.31. The first-order valence-electron chi connectivity index (χ1n) is 8.63. The Morgan fingerprint density at radius 3 is 2.67 bits per heavy atom. The molecule has 3 aromatic rings. The quantitative estimate of drug-likeness (QED) is 0.654. The van der Waals surface area contributed by atoms with Crippen molar-refractivity contribution in [1.82, 2.24) is 10.5 Å². The van der Waals surface area contributed by atoms with Crippen LogP contribution < -0.4 is 5.32 Å². The van der Waals surface area contributed by atoms with Crippen molar-refractivity contribution in [2.45, 2.75) is 33.3 Å². The van der Waals surface area contributed by atoms with Gasteiger partial charge in [0.2, 0.25) is 0 Å². The van der Waals surface area contributed by atoms with Crippen molar-refractivity contribution in [2.75, 3.05) is 6.54 Å². The molecule has 1 atom stereocenters. The number of halogens is 1. The number of aliphatic hydroxyl groups is 1. The highest BCUT2D eigenvalue weighted by atomic mass is 35.5. The number of nitrogens with one attached hydrogen (secondary N) is 1. The highest BCUT2D eigenvalue weighted by Gasteiger charge is 2.23. The summed E-state index contributed by atoms with van der Waals surface area (Å²) in [4.78, 5) is 12.7. The van der Waals surface area contributed by atoms with E-state index in [-0.39, 0.29) is 12.5 Å². The molecule has 3 rings (SSSR count). The molecule has 0 aliphatic rings. The summed E-state index contributed by atoms with van der Waals surface area (Å²) in [6.07, 6.45) is -0.355. The molecule has 0 saturated heterocycles. The third-order valence-electron chi connectivity index (χ3n) is 4.36. The first-order valence-corrected chi connectivity index (χ1v) is 9.00. The summed E-state index contributed by atoms with van der Waals surface area (Å²) >= 11 is 6.22. The summed E-state index contributed by atoms with van der Waals surface area (Å²) in [7, 11) is 0. The average Bonchev–Trinajstić information content (AvgIpc) is 3.17. The molecule has 2 aromatic heterocycles. The van der Waals surface area contributed by atoms with Gasteiger partial charge in [-0.1, -0.05) is 35.0 Å². The number of furan rings is 1. The number of aliphatic hydroxyl groups excluding tert-OH is 1. The van der Waals surface area contributed by atoms with Gasteiger partial charge >= 0.3 is 0 Å². The largest absolute Gasteiger partial charge is 0.466 e. The molecule has 0 unspecified atom stereocenters. The summed E-state index contributed by atoms with van der Waals surface area (Å²) < 4.78 is 10.6. The van der Waals surface area contributed by atoms with Gasteiger partial charge in [-0.25, -0.2) is 0 Å². The van der Waals surface area contributed by atoms with Gasteiger partial charge in [-0.05, 0) is 39.3 Å². The lowest BCUT2D eigenvalue weighted by Crippen LogP contribution is -2.26. The number of benzene rings is 1. The van der Waals surface area contributed by atoms with Gasteiger partial charge in [-0.15, -0.1) is 0 Å². The SMILES string of the molecule is Cc1cc([C@H](O)CCNC(=O)c2c(-c3ccccc3Cl)noc2C)c(C)o1. The Hall–Kier alpha value is -2.57. The van der Waals surface area contributed by atoms with Crippen LogP contribution in [0.15, 0.2) is 39.3 Å². The van der Waals surface area contributed by atoms with Crippen LogP contribution in [0.1, 0.15) is 45.7 Å². The Morgan fingerprint density at radius 2 is 2.00 bits per heavy atom. The molecule has 0 bridgehead atoms. The van der Waals surface area contributed by atoms with E-state index in [2.05, 4.69) is 10.5 Å². The van der Waals surface area contributed by atoms with Crippen LogP contribution in [-0.4, -0.2) is 22.7 Å². The zero-order valence-corrected chi connectivity index (χ0v) is 16.1. The average molecular weight is 389 g/mol. The molecule has 0 fully saturated rings. The summed E-state index contributed by atoms with van der Waals surface area (Å²) in [6, 6.07) is 8.94. The van der Waals surface area contributed by atoms with E-state index >= 15 is 0 Å². The molecule has 2 heterocycles. The second-order valence-electron chi connectivity index (χ2n) is 6.37. The molecule has 0 radical (unpaired) electrons. The van der Waals surface area contributed by atoms with Crippen molar-refractivity contribution in [3.63, 3.8) is 0 Å². The van der Waals surface area contributed by atoms with Crippen LogP contribution in [0, 0.1) is 20.8 Å². The molecule has 1 aromatic carbocycles. The maximum atomic E-state index is 12.7. The summed E-state index contributed by atoms with van der Waals surface area (Å²) in [5.74, 6) is 1.51. The number of carbonyl (C=O) groups is 1. The third-order valence-corrected chi connectivity index (χ3v) is 4.69. The molecule has 7 heteroatoms. The number of aromatic nitrogens is 1. The zero-order chi connectivity index (χ0) is 19.6. The molecule has 0 spiro atoms. The van der Waals surface area contributed by atoms with Crippen molar-refractivity contribution < 1.29 is 18.8 Å². The van der Waals surface area contributed by atoms with Crippen molar-refractivity contribution in [1.29, 1.82) is 0 Å². The lowest BCUT2D eigenvalue weighted by atomic mass is 10.0. The van der Waals surface area contributed by atoms with Crippen molar-refractivity contribution >= 4 is 17.5 Å². The minimum Gasteiger partial charge on any atom is -0.466 e. The normalized spacial score (nSPS) is 12.2. The topological polar surface area (TPSA) is 88.5 Å². The van der Waals surface area contributed by atoms with Gasteiger partial charge in [0.05, 0.1) is 11.1 Å². The molecule has 6 nitrogen and oxygen atoms in total. The van der Waals surface area contributed by atoms with Crippen LogP contribution in [0.25, 0.3) is 11.3 Å². The van der Waals surface area contributed by atoms with E-state index in [1.807, 2.05) is 19.1 Å². The van der Waals surface area contributed by atoms with Gasteiger partial charge in [0.15, 0.2) is 0 Å². The van der Waals surface area contributed by atoms with E-state index in [1.165, 1.54) is 0 Å². The van der Waals surface area contributed by atoms with E-state index in [9.17, 15) is 9.90 Å². The minimum atomic E-state index is -0.714. The van der Waals surface area contributed by atoms with Crippen LogP contribution in [0.2, 0.25) is 5.02 Å². The highest BCUT2D eigenvalue weighted by molar-refractivity contribution is 6.33. The molecular weight excluding hydrogens is 368 g/mol. The first kappa shape index (κ1) is 19.2. The molecule has 2 N–H and O–H groups in total. The van der Waals surface area contributed by atoms with Crippen molar-refractivity contribution in [3.8, 4) is 11.3 Å². The Kier molecular flexibility index (Phi) is 5.68. The Labute approximate surface area is 162 Å². The Bertz CT molecular complexity index is 961. The van der Waals surface area contributed by atoms with Crippen LogP contribution >= 0.6 is 11.6 Å². The number of nitrogens with zero attached hydrogens (tertiary/aromatic N) is 1. The van der Waals surface area contributed by atoms with E-state index in [0.717, 1.165) is 11.3 Å². The zero-order valence-electron chi connectivity index (χ0n) is 15.4. The van der Waals surface area contributed by atoms with E-state index in [0.29, 0.717) is 39.8 Å². The predicted molar refractivity (Wildman–Crippen MR) is 102 cm³/mol. The van der Waals surface area contributed by atoms with Gasteiger partial charge in [-0.3, -0.25) is 4.79 Å². The smallest absolute Gasteiger partial charge is 0.257 e. The number of amides is 1. The number of aryl methyl sites for hydroxylation is 3. The Morgan fingerprint density at radius 1 is 1.26 bits per heavy atom. The number of hydrogen-bond donors (Lipinski definition) is 2. The lowest BCUT2D eigenvalue weighted by molar-refractivity contribution is 0.0941. The standard InChI is InChI=1S/C20H21ClN2O4/c1-11-10-15(12(2)26-11)17(24)8-9-22-20(25)18-13(3)27-23-19(18)14-6-4-5-7-16(14)21/h4-7,10,17,24H,8-9H2,1-3H3,(H,22,25)/t17-/m1/s1. The Balaban J connectivity index is 1.70. The first-order chi connectivity index (χ1) is 12.9.